The van der Waals surface area contributed by atoms with Gasteiger partial charge in [0, 0.05) is 31.7 Å². The van der Waals surface area contributed by atoms with Gasteiger partial charge in [0.05, 0.1) is 19.1 Å². The predicted molar refractivity (Wildman–Crippen MR) is 98.6 cm³/mol. The first kappa shape index (κ1) is 18.0. The molecule has 3 rings (SSSR count). The molecule has 1 saturated heterocycles. The third-order valence-corrected chi connectivity index (χ3v) is 5.18. The summed E-state index contributed by atoms with van der Waals surface area (Å²) in [4.78, 5) is 27.2. The first-order valence-electron chi connectivity index (χ1n) is 8.03. The fourth-order valence-corrected chi connectivity index (χ4v) is 3.70. The molecule has 138 valence electrons. The molecule has 0 atom stereocenters. The van der Waals surface area contributed by atoms with Crippen molar-refractivity contribution >= 4 is 27.9 Å². The number of anilines is 1. The number of amides is 1. The number of methoxy groups -OCH3 is 2. The van der Waals surface area contributed by atoms with Gasteiger partial charge in [-0.2, -0.15) is 0 Å². The molecule has 0 radical (unpaired) electrons. The molecule has 2 aromatic rings. The van der Waals surface area contributed by atoms with E-state index in [9.17, 15) is 14.9 Å². The lowest BCUT2D eigenvalue weighted by atomic mass is 10.1. The summed E-state index contributed by atoms with van der Waals surface area (Å²) in [6, 6.07) is 6.84. The van der Waals surface area contributed by atoms with E-state index in [0.29, 0.717) is 48.9 Å². The zero-order valence-electron chi connectivity index (χ0n) is 14.5. The fourth-order valence-electron chi connectivity index (χ4n) is 2.97. The van der Waals surface area contributed by atoms with Gasteiger partial charge in [-0.1, -0.05) is 11.3 Å². The minimum atomic E-state index is -0.360. The highest BCUT2D eigenvalue weighted by molar-refractivity contribution is 7.14. The Morgan fingerprint density at radius 1 is 1.12 bits per heavy atom. The van der Waals surface area contributed by atoms with Crippen LogP contribution >= 0.6 is 11.3 Å². The molecule has 1 aliphatic rings. The topological polar surface area (TPSA) is 85.2 Å². The van der Waals surface area contributed by atoms with Crippen molar-refractivity contribution in [2.75, 3.05) is 45.3 Å². The Kier molecular flexibility index (Phi) is 5.27. The number of piperazine rings is 1. The number of nitrogens with zero attached hydrogens (tertiary/aromatic N) is 3. The van der Waals surface area contributed by atoms with Gasteiger partial charge in [-0.15, -0.1) is 0 Å². The molecule has 0 spiro atoms. The van der Waals surface area contributed by atoms with Crippen molar-refractivity contribution < 1.29 is 19.2 Å². The van der Waals surface area contributed by atoms with E-state index in [4.69, 9.17) is 9.47 Å². The molecule has 8 nitrogen and oxygen atoms in total. The van der Waals surface area contributed by atoms with Crippen LogP contribution in [0.5, 0.6) is 11.5 Å². The molecule has 0 aliphatic carbocycles. The van der Waals surface area contributed by atoms with Crippen LogP contribution in [0, 0.1) is 10.1 Å². The average molecular weight is 377 g/mol. The maximum absolute atomic E-state index is 12.7. The number of nitro groups is 1. The van der Waals surface area contributed by atoms with Crippen LogP contribution in [0.3, 0.4) is 0 Å². The summed E-state index contributed by atoms with van der Waals surface area (Å²) in [5.74, 6) is 0.981. The molecule has 9 heteroatoms. The van der Waals surface area contributed by atoms with Crippen molar-refractivity contribution in [1.29, 1.82) is 0 Å². The second kappa shape index (κ2) is 7.61. The molecule has 2 heterocycles. The van der Waals surface area contributed by atoms with Crippen LogP contribution in [-0.4, -0.2) is 56.1 Å². The molecule has 0 N–H and O–H groups in total. The molecule has 1 amide bonds. The van der Waals surface area contributed by atoms with Crippen LogP contribution in [0.15, 0.2) is 29.6 Å². The SMILES string of the molecule is COc1ccc(C(=O)N2CCN(c3ccsc3[N+](=O)[O-])CC2)cc1OC. The van der Waals surface area contributed by atoms with Gasteiger partial charge in [0.25, 0.3) is 5.91 Å². The number of benzene rings is 1. The predicted octanol–water partition coefficient (Wildman–Crippen LogP) is 2.64. The monoisotopic (exact) mass is 377 g/mol. The Balaban J connectivity index is 1.69. The number of ether oxygens (including phenoxy) is 2. The maximum Gasteiger partial charge on any atom is 0.347 e. The van der Waals surface area contributed by atoms with Crippen molar-refractivity contribution in [2.45, 2.75) is 0 Å². The second-order valence-electron chi connectivity index (χ2n) is 5.72. The van der Waals surface area contributed by atoms with E-state index in [-0.39, 0.29) is 15.8 Å². The molecule has 1 aliphatic heterocycles. The zero-order valence-corrected chi connectivity index (χ0v) is 15.3. The largest absolute Gasteiger partial charge is 0.493 e. The third kappa shape index (κ3) is 3.43. The minimum absolute atomic E-state index is 0.0922. The highest BCUT2D eigenvalue weighted by Crippen LogP contribution is 2.34. The lowest BCUT2D eigenvalue weighted by Gasteiger charge is -2.35. The number of carbonyl (C=O) groups excluding carboxylic acids is 1. The first-order chi connectivity index (χ1) is 12.5. The van der Waals surface area contributed by atoms with Crippen molar-refractivity contribution in [2.24, 2.45) is 0 Å². The summed E-state index contributed by atoms with van der Waals surface area (Å²) >= 11 is 1.12. The normalized spacial score (nSPS) is 14.2. The molecule has 0 unspecified atom stereocenters. The van der Waals surface area contributed by atoms with Crippen LogP contribution in [0.2, 0.25) is 0 Å². The van der Waals surface area contributed by atoms with Gasteiger partial charge in [0.2, 0.25) is 0 Å². The molecular weight excluding hydrogens is 358 g/mol. The van der Waals surface area contributed by atoms with Crippen LogP contribution in [0.1, 0.15) is 10.4 Å². The van der Waals surface area contributed by atoms with Gasteiger partial charge >= 0.3 is 5.00 Å². The van der Waals surface area contributed by atoms with Gasteiger partial charge in [0.1, 0.15) is 5.69 Å². The molecule has 0 saturated carbocycles. The van der Waals surface area contributed by atoms with Gasteiger partial charge in [-0.25, -0.2) is 0 Å². The third-order valence-electron chi connectivity index (χ3n) is 4.33. The zero-order chi connectivity index (χ0) is 18.7. The second-order valence-corrected chi connectivity index (χ2v) is 6.61. The Morgan fingerprint density at radius 3 is 2.42 bits per heavy atom. The van der Waals surface area contributed by atoms with E-state index in [1.807, 2.05) is 4.90 Å². The number of hydrogen-bond acceptors (Lipinski definition) is 7. The highest BCUT2D eigenvalue weighted by Gasteiger charge is 2.27. The van der Waals surface area contributed by atoms with Crippen LogP contribution in [0.4, 0.5) is 10.7 Å². The average Bonchev–Trinajstić information content (AvgIpc) is 3.17. The van der Waals surface area contributed by atoms with E-state index in [1.165, 1.54) is 7.11 Å². The Labute approximate surface area is 154 Å². The first-order valence-corrected chi connectivity index (χ1v) is 8.91. The van der Waals surface area contributed by atoms with E-state index >= 15 is 0 Å². The van der Waals surface area contributed by atoms with E-state index in [1.54, 1.807) is 41.7 Å². The van der Waals surface area contributed by atoms with Gasteiger partial charge in [-0.3, -0.25) is 14.9 Å². The van der Waals surface area contributed by atoms with Crippen LogP contribution < -0.4 is 14.4 Å². The summed E-state index contributed by atoms with van der Waals surface area (Å²) in [5, 5.41) is 13.0. The maximum atomic E-state index is 12.7. The lowest BCUT2D eigenvalue weighted by molar-refractivity contribution is -0.379. The molecular formula is C17H19N3O5S. The van der Waals surface area contributed by atoms with Crippen LogP contribution in [-0.2, 0) is 0 Å². The number of thiophene rings is 1. The van der Waals surface area contributed by atoms with Gasteiger partial charge < -0.3 is 19.3 Å². The van der Waals surface area contributed by atoms with Crippen molar-refractivity contribution in [3.63, 3.8) is 0 Å². The lowest BCUT2D eigenvalue weighted by Crippen LogP contribution is -2.48. The summed E-state index contributed by atoms with van der Waals surface area (Å²) in [6.07, 6.45) is 0. The number of hydrogen-bond donors (Lipinski definition) is 0. The quantitative estimate of drug-likeness (QED) is 0.588. The summed E-state index contributed by atoms with van der Waals surface area (Å²) in [5.41, 5.74) is 1.15. The van der Waals surface area contributed by atoms with E-state index < -0.39 is 0 Å². The van der Waals surface area contributed by atoms with Gasteiger partial charge in [-0.05, 0) is 29.6 Å². The molecule has 1 fully saturated rings. The van der Waals surface area contributed by atoms with Gasteiger partial charge in [0.15, 0.2) is 11.5 Å². The molecule has 0 bridgehead atoms. The Morgan fingerprint density at radius 2 is 1.81 bits per heavy atom. The number of rotatable bonds is 5. The van der Waals surface area contributed by atoms with Crippen molar-refractivity contribution in [3.05, 3.63) is 45.3 Å². The summed E-state index contributed by atoms with van der Waals surface area (Å²) in [7, 11) is 3.07. The standard InChI is InChI=1S/C17H19N3O5S/c1-24-14-4-3-12(11-15(14)25-2)16(21)19-8-6-18(7-9-19)13-5-10-26-17(13)20(22)23/h3-5,10-11H,6-9H2,1-2H3. The smallest absolute Gasteiger partial charge is 0.347 e. The van der Waals surface area contributed by atoms with Crippen molar-refractivity contribution in [3.8, 4) is 11.5 Å². The minimum Gasteiger partial charge on any atom is -0.493 e. The molecule has 1 aromatic heterocycles. The summed E-state index contributed by atoms with van der Waals surface area (Å²) < 4.78 is 10.4. The molecule has 1 aromatic carbocycles. The highest BCUT2D eigenvalue weighted by atomic mass is 32.1. The van der Waals surface area contributed by atoms with Crippen LogP contribution in [0.25, 0.3) is 0 Å². The Bertz CT molecular complexity index is 814. The summed E-state index contributed by atoms with van der Waals surface area (Å²) in [6.45, 7) is 2.10. The number of carbonyl (C=O) groups is 1. The van der Waals surface area contributed by atoms with E-state index in [2.05, 4.69) is 0 Å². The van der Waals surface area contributed by atoms with E-state index in [0.717, 1.165) is 11.3 Å². The molecule has 26 heavy (non-hydrogen) atoms. The van der Waals surface area contributed by atoms with Crippen molar-refractivity contribution in [1.82, 2.24) is 4.90 Å². The fraction of sp³-hybridized carbons (Fsp3) is 0.353. The Hall–Kier alpha value is -2.81.